The number of methoxy groups -OCH3 is 1. The molecule has 1 aliphatic heterocycles. The van der Waals surface area contributed by atoms with Crippen LogP contribution in [0, 0.1) is 11.3 Å². The van der Waals surface area contributed by atoms with Crippen LogP contribution >= 0.6 is 0 Å². The quantitative estimate of drug-likeness (QED) is 0.495. The second kappa shape index (κ2) is 3.05. The highest BCUT2D eigenvalue weighted by Gasteiger charge is 2.33. The molecule has 0 aromatic heterocycles. The summed E-state index contributed by atoms with van der Waals surface area (Å²) in [4.78, 5) is 2.17. The first-order chi connectivity index (χ1) is 5.81. The van der Waals surface area contributed by atoms with Crippen LogP contribution in [0.5, 0.6) is 0 Å². The molecule has 1 heterocycles. The summed E-state index contributed by atoms with van der Waals surface area (Å²) in [7, 11) is 1.76. The third kappa shape index (κ3) is 1.46. The minimum Gasteiger partial charge on any atom is -0.380 e. The van der Waals surface area contributed by atoms with E-state index in [1.165, 1.54) is 12.8 Å². The van der Waals surface area contributed by atoms with E-state index in [0.717, 1.165) is 25.3 Å². The molecular formula is C9H16N2O. The highest BCUT2D eigenvalue weighted by molar-refractivity contribution is 5.84. The molecule has 2 rings (SSSR count). The molecule has 0 amide bonds. The lowest BCUT2D eigenvalue weighted by molar-refractivity contribution is 0.114. The average molecular weight is 168 g/mol. The van der Waals surface area contributed by atoms with Gasteiger partial charge in [0.1, 0.15) is 0 Å². The van der Waals surface area contributed by atoms with E-state index in [2.05, 4.69) is 4.90 Å². The molecule has 1 unspecified atom stereocenters. The fourth-order valence-corrected chi connectivity index (χ4v) is 1.75. The molecule has 2 fully saturated rings. The predicted molar refractivity (Wildman–Crippen MR) is 47.4 cm³/mol. The zero-order valence-corrected chi connectivity index (χ0v) is 7.55. The predicted octanol–water partition coefficient (Wildman–Crippen LogP) is 1.09. The molecule has 68 valence electrons. The van der Waals surface area contributed by atoms with Gasteiger partial charge in [-0.1, -0.05) is 0 Å². The number of amidine groups is 1. The Hall–Kier alpha value is -0.570. The Kier molecular flexibility index (Phi) is 2.05. The topological polar surface area (TPSA) is 36.3 Å². The third-order valence-electron chi connectivity index (χ3n) is 2.78. The number of rotatable bonds is 2. The zero-order valence-electron chi connectivity index (χ0n) is 7.55. The van der Waals surface area contributed by atoms with Crippen LogP contribution in [0.25, 0.3) is 0 Å². The van der Waals surface area contributed by atoms with Crippen molar-refractivity contribution in [2.24, 2.45) is 5.92 Å². The number of hydrogen-bond donors (Lipinski definition) is 1. The molecule has 1 atom stereocenters. The van der Waals surface area contributed by atoms with Gasteiger partial charge in [-0.15, -0.1) is 0 Å². The summed E-state index contributed by atoms with van der Waals surface area (Å²) in [5.74, 6) is 1.44. The maximum atomic E-state index is 7.84. The van der Waals surface area contributed by atoms with Crippen LogP contribution < -0.4 is 0 Å². The minimum atomic E-state index is 0.365. The van der Waals surface area contributed by atoms with Gasteiger partial charge in [-0.05, 0) is 19.3 Å². The summed E-state index contributed by atoms with van der Waals surface area (Å²) < 4.78 is 5.25. The molecule has 0 bridgehead atoms. The van der Waals surface area contributed by atoms with Gasteiger partial charge in [0.25, 0.3) is 0 Å². The van der Waals surface area contributed by atoms with Crippen LogP contribution in [0.2, 0.25) is 0 Å². The van der Waals surface area contributed by atoms with Crippen molar-refractivity contribution in [3.63, 3.8) is 0 Å². The van der Waals surface area contributed by atoms with Gasteiger partial charge in [0, 0.05) is 26.1 Å². The third-order valence-corrected chi connectivity index (χ3v) is 2.78. The van der Waals surface area contributed by atoms with Crippen molar-refractivity contribution in [2.45, 2.75) is 25.4 Å². The molecule has 0 radical (unpaired) electrons. The van der Waals surface area contributed by atoms with Crippen LogP contribution in [-0.4, -0.2) is 37.0 Å². The summed E-state index contributed by atoms with van der Waals surface area (Å²) in [6.45, 7) is 1.96. The highest BCUT2D eigenvalue weighted by atomic mass is 16.5. The Labute approximate surface area is 73.2 Å². The van der Waals surface area contributed by atoms with Crippen molar-refractivity contribution in [1.29, 1.82) is 5.41 Å². The van der Waals surface area contributed by atoms with Gasteiger partial charge in [-0.2, -0.15) is 0 Å². The summed E-state index contributed by atoms with van der Waals surface area (Å²) >= 11 is 0. The summed E-state index contributed by atoms with van der Waals surface area (Å²) in [6.07, 6.45) is 3.91. The smallest absolute Gasteiger partial charge is 0.0990 e. The first-order valence-corrected chi connectivity index (χ1v) is 4.67. The van der Waals surface area contributed by atoms with E-state index in [9.17, 15) is 0 Å². The molecule has 3 nitrogen and oxygen atoms in total. The monoisotopic (exact) mass is 168 g/mol. The maximum absolute atomic E-state index is 7.84. The highest BCUT2D eigenvalue weighted by Crippen LogP contribution is 2.32. The molecule has 1 aliphatic carbocycles. The van der Waals surface area contributed by atoms with Crippen LogP contribution in [0.4, 0.5) is 0 Å². The molecule has 1 saturated carbocycles. The standard InChI is InChI=1S/C9H16N2O/c1-12-8-4-5-11(6-8)9(10)7-2-3-7/h7-8,10H,2-6H2,1H3. The SMILES string of the molecule is COC1CCN(C(=N)C2CC2)C1. The number of nitrogens with one attached hydrogen (secondary N) is 1. The summed E-state index contributed by atoms with van der Waals surface area (Å²) in [5.41, 5.74) is 0. The van der Waals surface area contributed by atoms with E-state index in [4.69, 9.17) is 10.1 Å². The molecule has 12 heavy (non-hydrogen) atoms. The van der Waals surface area contributed by atoms with Gasteiger partial charge in [-0.3, -0.25) is 5.41 Å². The molecule has 0 aromatic carbocycles. The van der Waals surface area contributed by atoms with Gasteiger partial charge in [-0.25, -0.2) is 0 Å². The Morgan fingerprint density at radius 3 is 2.67 bits per heavy atom. The van der Waals surface area contributed by atoms with Gasteiger partial charge in [0.15, 0.2) is 0 Å². The van der Waals surface area contributed by atoms with Gasteiger partial charge in [0.05, 0.1) is 11.9 Å². The number of ether oxygens (including phenoxy) is 1. The van der Waals surface area contributed by atoms with Gasteiger partial charge >= 0.3 is 0 Å². The van der Waals surface area contributed by atoms with E-state index < -0.39 is 0 Å². The molecule has 1 saturated heterocycles. The maximum Gasteiger partial charge on any atom is 0.0990 e. The van der Waals surface area contributed by atoms with E-state index in [-0.39, 0.29) is 0 Å². The Morgan fingerprint density at radius 1 is 1.42 bits per heavy atom. The summed E-state index contributed by atoms with van der Waals surface area (Å²) in [5, 5.41) is 7.84. The Balaban J connectivity index is 1.85. The lowest BCUT2D eigenvalue weighted by Crippen LogP contribution is -2.30. The van der Waals surface area contributed by atoms with E-state index in [1.54, 1.807) is 7.11 Å². The Bertz CT molecular complexity index is 189. The van der Waals surface area contributed by atoms with Crippen LogP contribution in [0.3, 0.4) is 0 Å². The molecule has 0 spiro atoms. The first-order valence-electron chi connectivity index (χ1n) is 4.67. The first kappa shape index (κ1) is 8.05. The number of hydrogen-bond acceptors (Lipinski definition) is 2. The van der Waals surface area contributed by atoms with Crippen molar-refractivity contribution in [2.75, 3.05) is 20.2 Å². The lowest BCUT2D eigenvalue weighted by Gasteiger charge is -2.18. The van der Waals surface area contributed by atoms with E-state index >= 15 is 0 Å². The minimum absolute atomic E-state index is 0.365. The number of nitrogens with zero attached hydrogens (tertiary/aromatic N) is 1. The van der Waals surface area contributed by atoms with Crippen LogP contribution in [0.15, 0.2) is 0 Å². The van der Waals surface area contributed by atoms with Crippen LogP contribution in [0.1, 0.15) is 19.3 Å². The van der Waals surface area contributed by atoms with Crippen molar-refractivity contribution in [1.82, 2.24) is 4.90 Å². The largest absolute Gasteiger partial charge is 0.380 e. The second-order valence-corrected chi connectivity index (χ2v) is 3.75. The van der Waals surface area contributed by atoms with E-state index in [1.807, 2.05) is 0 Å². The van der Waals surface area contributed by atoms with Gasteiger partial charge < -0.3 is 9.64 Å². The molecule has 1 N–H and O–H groups in total. The second-order valence-electron chi connectivity index (χ2n) is 3.75. The normalized spacial score (nSPS) is 29.4. The van der Waals surface area contributed by atoms with E-state index in [0.29, 0.717) is 12.0 Å². The average Bonchev–Trinajstić information content (AvgIpc) is 2.82. The molecule has 3 heteroatoms. The Morgan fingerprint density at radius 2 is 2.17 bits per heavy atom. The zero-order chi connectivity index (χ0) is 8.55. The van der Waals surface area contributed by atoms with Crippen molar-refractivity contribution in [3.8, 4) is 0 Å². The van der Waals surface area contributed by atoms with Gasteiger partial charge in [0.2, 0.25) is 0 Å². The fraction of sp³-hybridized carbons (Fsp3) is 0.889. The number of likely N-dealkylation sites (tertiary alicyclic amines) is 1. The summed E-state index contributed by atoms with van der Waals surface area (Å²) in [6, 6.07) is 0. The lowest BCUT2D eigenvalue weighted by atomic mass is 10.3. The fourth-order valence-electron chi connectivity index (χ4n) is 1.75. The molecule has 0 aromatic rings. The molecular weight excluding hydrogens is 152 g/mol. The molecule has 2 aliphatic rings. The van der Waals surface area contributed by atoms with Crippen LogP contribution in [-0.2, 0) is 4.74 Å². The van der Waals surface area contributed by atoms with Crippen molar-refractivity contribution in [3.05, 3.63) is 0 Å². The van der Waals surface area contributed by atoms with Crippen molar-refractivity contribution < 1.29 is 4.74 Å². The van der Waals surface area contributed by atoms with Crippen molar-refractivity contribution >= 4 is 5.84 Å².